The number of rotatable bonds is 2. The fourth-order valence-electron chi connectivity index (χ4n) is 1.99. The Bertz CT molecular complexity index is 783. The van der Waals surface area contributed by atoms with E-state index in [0.717, 1.165) is 10.8 Å². The lowest BCUT2D eigenvalue weighted by Crippen LogP contribution is -2.12. The topological polar surface area (TPSA) is 67.5 Å². The molecule has 4 nitrogen and oxygen atoms in total. The maximum atomic E-state index is 11.4. The van der Waals surface area contributed by atoms with Gasteiger partial charge in [0, 0.05) is 16.3 Å². The Morgan fingerprint density at radius 2 is 1.67 bits per heavy atom. The minimum absolute atomic E-state index is 0.119. The molecule has 0 aliphatic heterocycles. The second-order valence-corrected chi connectivity index (χ2v) is 3.94. The SMILES string of the molecule is O=C(O)C(=O)c1ccc2c(c1)oc1ccccc12. The number of carbonyl (C=O) groups excluding carboxylic acids is 1. The van der Waals surface area contributed by atoms with E-state index in [0.29, 0.717) is 11.2 Å². The molecule has 0 bridgehead atoms. The highest BCUT2D eigenvalue weighted by atomic mass is 16.4. The minimum atomic E-state index is -1.47. The molecule has 0 amide bonds. The van der Waals surface area contributed by atoms with Gasteiger partial charge < -0.3 is 9.52 Å². The van der Waals surface area contributed by atoms with Crippen molar-refractivity contribution in [2.24, 2.45) is 0 Å². The van der Waals surface area contributed by atoms with Gasteiger partial charge in [0.25, 0.3) is 5.78 Å². The molecule has 0 aliphatic rings. The summed E-state index contributed by atoms with van der Waals surface area (Å²) < 4.78 is 5.58. The van der Waals surface area contributed by atoms with Gasteiger partial charge in [0.15, 0.2) is 0 Å². The summed E-state index contributed by atoms with van der Waals surface area (Å²) in [7, 11) is 0. The van der Waals surface area contributed by atoms with Gasteiger partial charge in [0.1, 0.15) is 11.2 Å². The first-order valence-corrected chi connectivity index (χ1v) is 5.36. The van der Waals surface area contributed by atoms with E-state index in [1.165, 1.54) is 12.1 Å². The van der Waals surface area contributed by atoms with Crippen LogP contribution >= 0.6 is 0 Å². The first-order chi connectivity index (χ1) is 8.66. The summed E-state index contributed by atoms with van der Waals surface area (Å²) in [5.74, 6) is -2.40. The van der Waals surface area contributed by atoms with Crippen LogP contribution in [0.1, 0.15) is 10.4 Å². The van der Waals surface area contributed by atoms with Crippen molar-refractivity contribution in [3.8, 4) is 0 Å². The molecule has 1 N–H and O–H groups in total. The van der Waals surface area contributed by atoms with E-state index in [-0.39, 0.29) is 5.56 Å². The zero-order valence-corrected chi connectivity index (χ0v) is 9.21. The number of hydrogen-bond donors (Lipinski definition) is 1. The normalized spacial score (nSPS) is 10.9. The third-order valence-electron chi connectivity index (χ3n) is 2.84. The van der Waals surface area contributed by atoms with E-state index in [4.69, 9.17) is 9.52 Å². The Kier molecular flexibility index (Phi) is 2.16. The standard InChI is InChI=1S/C14H8O4/c15-13(14(16)17)8-5-6-10-9-3-1-2-4-11(9)18-12(10)7-8/h1-7H,(H,16,17). The molecule has 4 heteroatoms. The average molecular weight is 240 g/mol. The summed E-state index contributed by atoms with van der Waals surface area (Å²) >= 11 is 0. The number of hydrogen-bond acceptors (Lipinski definition) is 3. The number of aliphatic carboxylic acids is 1. The smallest absolute Gasteiger partial charge is 0.377 e. The molecule has 0 saturated carbocycles. The van der Waals surface area contributed by atoms with Gasteiger partial charge in [-0.3, -0.25) is 4.79 Å². The van der Waals surface area contributed by atoms with Crippen molar-refractivity contribution in [2.75, 3.05) is 0 Å². The van der Waals surface area contributed by atoms with Gasteiger partial charge >= 0.3 is 5.97 Å². The molecule has 0 unspecified atom stereocenters. The Morgan fingerprint density at radius 1 is 0.944 bits per heavy atom. The van der Waals surface area contributed by atoms with Crippen molar-refractivity contribution in [1.82, 2.24) is 0 Å². The van der Waals surface area contributed by atoms with Crippen LogP contribution in [0.4, 0.5) is 0 Å². The molecule has 0 aliphatic carbocycles. The van der Waals surface area contributed by atoms with Crippen LogP contribution in [-0.2, 0) is 4.79 Å². The maximum absolute atomic E-state index is 11.4. The number of carbonyl (C=O) groups is 2. The molecular weight excluding hydrogens is 232 g/mol. The molecule has 0 saturated heterocycles. The maximum Gasteiger partial charge on any atom is 0.377 e. The zero-order valence-electron chi connectivity index (χ0n) is 9.21. The van der Waals surface area contributed by atoms with E-state index in [9.17, 15) is 9.59 Å². The second-order valence-electron chi connectivity index (χ2n) is 3.94. The number of ketones is 1. The molecule has 1 aromatic heterocycles. The monoisotopic (exact) mass is 240 g/mol. The van der Waals surface area contributed by atoms with Crippen LogP contribution in [0.25, 0.3) is 21.9 Å². The van der Waals surface area contributed by atoms with Crippen LogP contribution in [0.3, 0.4) is 0 Å². The first kappa shape index (κ1) is 10.5. The molecule has 1 heterocycles. The van der Waals surface area contributed by atoms with Gasteiger partial charge in [-0.25, -0.2) is 4.79 Å². The molecule has 3 rings (SSSR count). The Hall–Kier alpha value is -2.62. The fraction of sp³-hybridized carbons (Fsp3) is 0. The molecule has 0 atom stereocenters. The number of carboxylic acids is 1. The molecule has 18 heavy (non-hydrogen) atoms. The summed E-state index contributed by atoms with van der Waals surface area (Å²) in [6.45, 7) is 0. The van der Waals surface area contributed by atoms with E-state index < -0.39 is 11.8 Å². The summed E-state index contributed by atoms with van der Waals surface area (Å²) in [6, 6.07) is 12.2. The van der Waals surface area contributed by atoms with E-state index in [1.807, 2.05) is 24.3 Å². The number of furan rings is 1. The third-order valence-corrected chi connectivity index (χ3v) is 2.84. The van der Waals surface area contributed by atoms with Gasteiger partial charge in [-0.2, -0.15) is 0 Å². The van der Waals surface area contributed by atoms with Gasteiger partial charge in [0.2, 0.25) is 0 Å². The van der Waals surface area contributed by atoms with Gasteiger partial charge in [-0.1, -0.05) is 18.2 Å². The lowest BCUT2D eigenvalue weighted by atomic mass is 10.1. The van der Waals surface area contributed by atoms with Crippen LogP contribution < -0.4 is 0 Å². The quantitative estimate of drug-likeness (QED) is 0.552. The van der Waals surface area contributed by atoms with Crippen molar-refractivity contribution in [3.05, 3.63) is 48.0 Å². The second kappa shape index (κ2) is 3.70. The molecule has 3 aromatic rings. The Balaban J connectivity index is 2.27. The van der Waals surface area contributed by atoms with Crippen LogP contribution in [0.2, 0.25) is 0 Å². The summed E-state index contributed by atoms with van der Waals surface area (Å²) in [4.78, 5) is 22.0. The van der Waals surface area contributed by atoms with Crippen molar-refractivity contribution in [3.63, 3.8) is 0 Å². The van der Waals surface area contributed by atoms with Crippen LogP contribution in [0, 0.1) is 0 Å². The highest BCUT2D eigenvalue weighted by Gasteiger charge is 2.16. The fourth-order valence-corrected chi connectivity index (χ4v) is 1.99. The van der Waals surface area contributed by atoms with Gasteiger partial charge in [0.05, 0.1) is 0 Å². The van der Waals surface area contributed by atoms with Crippen molar-refractivity contribution >= 4 is 33.7 Å². The van der Waals surface area contributed by atoms with Crippen LogP contribution in [0.5, 0.6) is 0 Å². The largest absolute Gasteiger partial charge is 0.475 e. The van der Waals surface area contributed by atoms with Gasteiger partial charge in [-0.15, -0.1) is 0 Å². The Morgan fingerprint density at radius 3 is 2.44 bits per heavy atom. The number of para-hydroxylation sites is 1. The summed E-state index contributed by atoms with van der Waals surface area (Å²) in [6.07, 6.45) is 0. The lowest BCUT2D eigenvalue weighted by molar-refractivity contribution is -0.131. The highest BCUT2D eigenvalue weighted by molar-refractivity contribution is 6.40. The number of Topliss-reactive ketones (excluding diaryl/α,β-unsaturated/α-hetero) is 1. The highest BCUT2D eigenvalue weighted by Crippen LogP contribution is 2.29. The zero-order chi connectivity index (χ0) is 12.7. The molecule has 0 fully saturated rings. The molecular formula is C14H8O4. The van der Waals surface area contributed by atoms with Crippen molar-refractivity contribution < 1.29 is 19.1 Å². The summed E-state index contributed by atoms with van der Waals surface area (Å²) in [5, 5.41) is 10.5. The molecule has 0 spiro atoms. The van der Waals surface area contributed by atoms with E-state index in [2.05, 4.69) is 0 Å². The number of carboxylic acid groups (broad SMARTS) is 1. The molecule has 2 aromatic carbocycles. The van der Waals surface area contributed by atoms with Crippen molar-refractivity contribution in [2.45, 2.75) is 0 Å². The Labute approximate surface area is 101 Å². The van der Waals surface area contributed by atoms with E-state index in [1.54, 1.807) is 6.07 Å². The summed E-state index contributed by atoms with van der Waals surface area (Å²) in [5.41, 5.74) is 1.35. The number of benzene rings is 2. The van der Waals surface area contributed by atoms with Crippen LogP contribution in [-0.4, -0.2) is 16.9 Å². The number of fused-ring (bicyclic) bond motifs is 3. The first-order valence-electron chi connectivity index (χ1n) is 5.36. The molecule has 0 radical (unpaired) electrons. The van der Waals surface area contributed by atoms with Crippen molar-refractivity contribution in [1.29, 1.82) is 0 Å². The van der Waals surface area contributed by atoms with E-state index >= 15 is 0 Å². The van der Waals surface area contributed by atoms with Gasteiger partial charge in [-0.05, 0) is 24.3 Å². The predicted molar refractivity (Wildman–Crippen MR) is 65.7 cm³/mol. The minimum Gasteiger partial charge on any atom is -0.475 e. The average Bonchev–Trinajstić information content (AvgIpc) is 2.75. The van der Waals surface area contributed by atoms with Crippen LogP contribution in [0.15, 0.2) is 46.9 Å². The predicted octanol–water partition coefficient (Wildman–Crippen LogP) is 2.85. The lowest BCUT2D eigenvalue weighted by Gasteiger charge is -1.95. The third kappa shape index (κ3) is 1.47. The molecule has 88 valence electrons.